The summed E-state index contributed by atoms with van der Waals surface area (Å²) in [6.45, 7) is 4.71. The molecule has 1 aliphatic heterocycles. The molecule has 0 bridgehead atoms. The van der Waals surface area contributed by atoms with Gasteiger partial charge < -0.3 is 20.1 Å². The lowest BCUT2D eigenvalue weighted by Gasteiger charge is -2.08. The van der Waals surface area contributed by atoms with Gasteiger partial charge in [-0.15, -0.1) is 0 Å². The molecule has 3 aromatic rings. The number of rotatable bonds is 5. The van der Waals surface area contributed by atoms with Crippen LogP contribution in [0.2, 0.25) is 0 Å². The van der Waals surface area contributed by atoms with Gasteiger partial charge in [-0.1, -0.05) is 12.1 Å². The summed E-state index contributed by atoms with van der Waals surface area (Å²) in [6, 6.07) is 11.6. The van der Waals surface area contributed by atoms with Crippen molar-refractivity contribution in [2.45, 2.75) is 20.4 Å². The van der Waals surface area contributed by atoms with Crippen LogP contribution in [-0.4, -0.2) is 22.7 Å². The van der Waals surface area contributed by atoms with Gasteiger partial charge >= 0.3 is 0 Å². The van der Waals surface area contributed by atoms with Gasteiger partial charge in [0, 0.05) is 24.6 Å². The number of benzene rings is 2. The predicted molar refractivity (Wildman–Crippen MR) is 105 cm³/mol. The van der Waals surface area contributed by atoms with E-state index in [1.54, 1.807) is 0 Å². The van der Waals surface area contributed by atoms with Crippen LogP contribution in [0.4, 0.5) is 11.6 Å². The van der Waals surface area contributed by atoms with Crippen molar-refractivity contribution in [1.82, 2.24) is 15.3 Å². The molecule has 7 heteroatoms. The molecule has 0 unspecified atom stereocenters. The van der Waals surface area contributed by atoms with E-state index in [9.17, 15) is 4.79 Å². The number of nitrogens with one attached hydrogen (secondary N) is 2. The molecule has 0 radical (unpaired) electrons. The number of hydrogen-bond acceptors (Lipinski definition) is 6. The van der Waals surface area contributed by atoms with E-state index in [1.165, 1.54) is 23.5 Å². The maximum Gasteiger partial charge on any atom is 0.254 e. The molecule has 0 saturated heterocycles. The van der Waals surface area contributed by atoms with Gasteiger partial charge in [-0.3, -0.25) is 4.79 Å². The van der Waals surface area contributed by atoms with Crippen LogP contribution in [-0.2, 0) is 6.54 Å². The molecule has 0 fully saturated rings. The summed E-state index contributed by atoms with van der Waals surface area (Å²) in [6.07, 6.45) is 3.01. The molecule has 2 N–H and O–H groups in total. The number of anilines is 2. The van der Waals surface area contributed by atoms with E-state index in [1.807, 2.05) is 36.4 Å². The Hall–Kier alpha value is -3.61. The third-order valence-electron chi connectivity index (χ3n) is 4.57. The van der Waals surface area contributed by atoms with Crippen LogP contribution in [0, 0.1) is 13.8 Å². The van der Waals surface area contributed by atoms with Crippen molar-refractivity contribution >= 4 is 17.5 Å². The van der Waals surface area contributed by atoms with Crippen LogP contribution in [0.25, 0.3) is 0 Å². The van der Waals surface area contributed by atoms with Gasteiger partial charge in [0.05, 0.1) is 5.56 Å². The van der Waals surface area contributed by atoms with Gasteiger partial charge in [-0.05, 0) is 54.8 Å². The molecule has 0 atom stereocenters. The first kappa shape index (κ1) is 17.8. The Labute approximate surface area is 162 Å². The Balaban J connectivity index is 1.36. The lowest BCUT2D eigenvalue weighted by molar-refractivity contribution is 0.0950. The largest absolute Gasteiger partial charge is 0.454 e. The van der Waals surface area contributed by atoms with Crippen molar-refractivity contribution in [3.05, 3.63) is 71.0 Å². The first-order valence-electron chi connectivity index (χ1n) is 8.91. The Morgan fingerprint density at radius 3 is 2.57 bits per heavy atom. The van der Waals surface area contributed by atoms with Crippen molar-refractivity contribution in [2.24, 2.45) is 0 Å². The van der Waals surface area contributed by atoms with Gasteiger partial charge in [-0.2, -0.15) is 0 Å². The van der Waals surface area contributed by atoms with Gasteiger partial charge in [0.1, 0.15) is 0 Å². The number of aromatic nitrogens is 2. The van der Waals surface area contributed by atoms with Crippen LogP contribution in [0.3, 0.4) is 0 Å². The molecule has 4 rings (SSSR count). The van der Waals surface area contributed by atoms with Crippen LogP contribution in [0.5, 0.6) is 11.5 Å². The molecule has 2 aromatic carbocycles. The van der Waals surface area contributed by atoms with Crippen molar-refractivity contribution in [3.63, 3.8) is 0 Å². The summed E-state index contributed by atoms with van der Waals surface area (Å²) in [4.78, 5) is 20.8. The maximum atomic E-state index is 12.3. The Kier molecular flexibility index (Phi) is 4.80. The van der Waals surface area contributed by atoms with Gasteiger partial charge in [-0.25, -0.2) is 9.97 Å². The summed E-state index contributed by atoms with van der Waals surface area (Å²) in [5, 5.41) is 5.99. The molecule has 0 saturated carbocycles. The highest BCUT2D eigenvalue weighted by Crippen LogP contribution is 2.32. The Bertz CT molecular complexity index is 1020. The zero-order valence-corrected chi connectivity index (χ0v) is 15.7. The molecular weight excluding hydrogens is 356 g/mol. The standard InChI is InChI=1S/C21H20N4O3/c1-13-3-5-17(7-14(13)2)25-21-23-10-16(11-24-21)20(26)22-9-15-4-6-18-19(8-15)28-12-27-18/h3-8,10-11H,9,12H2,1-2H3,(H,22,26)(H,23,24,25). The van der Waals surface area contributed by atoms with Gasteiger partial charge in [0.2, 0.25) is 12.7 Å². The van der Waals surface area contributed by atoms with Crippen molar-refractivity contribution in [1.29, 1.82) is 0 Å². The van der Waals surface area contributed by atoms with Crippen LogP contribution in [0.15, 0.2) is 48.8 Å². The SMILES string of the molecule is Cc1ccc(Nc2ncc(C(=O)NCc3ccc4c(c3)OCO4)cn2)cc1C. The summed E-state index contributed by atoms with van der Waals surface area (Å²) >= 11 is 0. The number of amides is 1. The van der Waals surface area contributed by atoms with Crippen LogP contribution < -0.4 is 20.1 Å². The number of ether oxygens (including phenoxy) is 2. The molecule has 1 aliphatic rings. The second-order valence-electron chi connectivity index (χ2n) is 6.59. The zero-order valence-electron chi connectivity index (χ0n) is 15.7. The summed E-state index contributed by atoms with van der Waals surface area (Å²) in [7, 11) is 0. The highest BCUT2D eigenvalue weighted by atomic mass is 16.7. The third-order valence-corrected chi connectivity index (χ3v) is 4.57. The van der Waals surface area contributed by atoms with E-state index in [0.29, 0.717) is 23.8 Å². The van der Waals surface area contributed by atoms with E-state index in [-0.39, 0.29) is 12.7 Å². The summed E-state index contributed by atoms with van der Waals surface area (Å²) < 4.78 is 10.6. The predicted octanol–water partition coefficient (Wildman–Crippen LogP) is 3.50. The third kappa shape index (κ3) is 3.88. The molecular formula is C21H20N4O3. The summed E-state index contributed by atoms with van der Waals surface area (Å²) in [5.41, 5.74) is 4.63. The molecule has 0 aliphatic carbocycles. The van der Waals surface area contributed by atoms with E-state index < -0.39 is 0 Å². The number of fused-ring (bicyclic) bond motifs is 1. The Morgan fingerprint density at radius 2 is 1.79 bits per heavy atom. The number of hydrogen-bond donors (Lipinski definition) is 2. The highest BCUT2D eigenvalue weighted by Gasteiger charge is 2.14. The average molecular weight is 376 g/mol. The first-order valence-corrected chi connectivity index (χ1v) is 8.91. The smallest absolute Gasteiger partial charge is 0.254 e. The van der Waals surface area contributed by atoms with Gasteiger partial charge in [0.25, 0.3) is 5.91 Å². The molecule has 2 heterocycles. The maximum absolute atomic E-state index is 12.3. The topological polar surface area (TPSA) is 85.4 Å². The number of nitrogens with zero attached hydrogens (tertiary/aromatic N) is 2. The molecule has 1 amide bonds. The van der Waals surface area contributed by atoms with Crippen molar-refractivity contribution in [3.8, 4) is 11.5 Å². The lowest BCUT2D eigenvalue weighted by atomic mass is 10.1. The molecule has 7 nitrogen and oxygen atoms in total. The minimum absolute atomic E-state index is 0.227. The average Bonchev–Trinajstić information content (AvgIpc) is 3.17. The number of carbonyl (C=O) groups excluding carboxylic acids is 1. The second-order valence-corrected chi connectivity index (χ2v) is 6.59. The van der Waals surface area contributed by atoms with E-state index >= 15 is 0 Å². The Morgan fingerprint density at radius 1 is 1.00 bits per heavy atom. The quantitative estimate of drug-likeness (QED) is 0.709. The minimum atomic E-state index is -0.240. The normalized spacial score (nSPS) is 11.9. The fourth-order valence-electron chi connectivity index (χ4n) is 2.79. The van der Waals surface area contributed by atoms with Crippen LogP contribution in [0.1, 0.15) is 27.0 Å². The fraction of sp³-hybridized carbons (Fsp3) is 0.190. The molecule has 0 spiro atoms. The van der Waals surface area contributed by atoms with E-state index in [4.69, 9.17) is 9.47 Å². The summed E-state index contributed by atoms with van der Waals surface area (Å²) in [5.74, 6) is 1.61. The second kappa shape index (κ2) is 7.56. The van der Waals surface area contributed by atoms with E-state index in [0.717, 1.165) is 17.0 Å². The fourth-order valence-corrected chi connectivity index (χ4v) is 2.79. The van der Waals surface area contributed by atoms with Crippen LogP contribution >= 0.6 is 0 Å². The van der Waals surface area contributed by atoms with Gasteiger partial charge in [0.15, 0.2) is 11.5 Å². The van der Waals surface area contributed by atoms with E-state index in [2.05, 4.69) is 34.4 Å². The molecule has 1 aromatic heterocycles. The lowest BCUT2D eigenvalue weighted by Crippen LogP contribution is -2.23. The minimum Gasteiger partial charge on any atom is -0.454 e. The van der Waals surface area contributed by atoms with Crippen molar-refractivity contribution in [2.75, 3.05) is 12.1 Å². The molecule has 142 valence electrons. The number of carbonyl (C=O) groups is 1. The highest BCUT2D eigenvalue weighted by molar-refractivity contribution is 5.93. The number of aryl methyl sites for hydroxylation is 2. The monoisotopic (exact) mass is 376 g/mol. The first-order chi connectivity index (χ1) is 13.6. The van der Waals surface area contributed by atoms with Crippen molar-refractivity contribution < 1.29 is 14.3 Å². The zero-order chi connectivity index (χ0) is 19.5. The molecule has 28 heavy (non-hydrogen) atoms.